The zero-order valence-electron chi connectivity index (χ0n) is 15.9. The minimum Gasteiger partial charge on any atom is -0.493 e. The minimum absolute atomic E-state index is 0.230. The van der Waals surface area contributed by atoms with Crippen LogP contribution in [0.25, 0.3) is 10.2 Å². The molecule has 0 unspecified atom stereocenters. The summed E-state index contributed by atoms with van der Waals surface area (Å²) in [6.07, 6.45) is 0. The van der Waals surface area contributed by atoms with E-state index in [0.29, 0.717) is 27.4 Å². The fraction of sp³-hybridized carbons (Fsp3) is 0.211. The molecule has 152 valence electrons. The van der Waals surface area contributed by atoms with Crippen LogP contribution in [0.2, 0.25) is 5.02 Å². The number of hydrogen-bond donors (Lipinski definition) is 2. The van der Waals surface area contributed by atoms with E-state index in [1.54, 1.807) is 18.2 Å². The maximum Gasteiger partial charge on any atom is 0.251 e. The van der Waals surface area contributed by atoms with Gasteiger partial charge in [0.2, 0.25) is 11.7 Å². The smallest absolute Gasteiger partial charge is 0.251 e. The predicted octanol–water partition coefficient (Wildman–Crippen LogP) is 3.34. The van der Waals surface area contributed by atoms with Crippen LogP contribution in [0, 0.1) is 0 Å². The minimum atomic E-state index is -0.463. The summed E-state index contributed by atoms with van der Waals surface area (Å²) < 4.78 is 16.5. The first-order chi connectivity index (χ1) is 13.9. The molecular formula is C19H18ClN3O5S. The standard InChI is InChI=1S/C19H18ClN3O5S/c1-26-13-6-10(7-14(27-2)17(13)28-3)18(25)21-9-16(24)23-19-22-12-5-4-11(20)8-15(12)29-19/h4-8H,9H2,1-3H3,(H,21,25)(H,22,23,24). The molecule has 2 N–H and O–H groups in total. The lowest BCUT2D eigenvalue weighted by atomic mass is 10.1. The second-order valence-corrected chi connectivity index (χ2v) is 7.24. The van der Waals surface area contributed by atoms with Crippen LogP contribution in [0.5, 0.6) is 17.2 Å². The molecule has 0 aliphatic rings. The number of thiazole rings is 1. The first-order valence-electron chi connectivity index (χ1n) is 8.39. The second kappa shape index (κ2) is 8.97. The van der Waals surface area contributed by atoms with Gasteiger partial charge < -0.3 is 24.8 Å². The first kappa shape index (κ1) is 20.7. The number of nitrogens with zero attached hydrogens (tertiary/aromatic N) is 1. The van der Waals surface area contributed by atoms with Crippen molar-refractivity contribution >= 4 is 50.1 Å². The molecular weight excluding hydrogens is 418 g/mol. The number of hydrogen-bond acceptors (Lipinski definition) is 7. The lowest BCUT2D eigenvalue weighted by Crippen LogP contribution is -2.32. The van der Waals surface area contributed by atoms with E-state index in [1.165, 1.54) is 44.8 Å². The largest absolute Gasteiger partial charge is 0.493 e. The molecule has 0 atom stereocenters. The molecule has 8 nitrogen and oxygen atoms in total. The normalized spacial score (nSPS) is 10.5. The van der Waals surface area contributed by atoms with E-state index in [4.69, 9.17) is 25.8 Å². The SMILES string of the molecule is COc1cc(C(=O)NCC(=O)Nc2nc3ccc(Cl)cc3s2)cc(OC)c1OC. The van der Waals surface area contributed by atoms with Gasteiger partial charge in [-0.25, -0.2) is 4.98 Å². The molecule has 10 heteroatoms. The van der Waals surface area contributed by atoms with E-state index in [2.05, 4.69) is 15.6 Å². The number of nitrogens with one attached hydrogen (secondary N) is 2. The topological polar surface area (TPSA) is 98.8 Å². The Morgan fingerprint density at radius 3 is 2.38 bits per heavy atom. The van der Waals surface area contributed by atoms with Gasteiger partial charge in [0.1, 0.15) is 0 Å². The number of ether oxygens (including phenoxy) is 3. The first-order valence-corrected chi connectivity index (χ1v) is 9.58. The molecule has 0 aliphatic carbocycles. The Labute approximate surface area is 175 Å². The van der Waals surface area contributed by atoms with Gasteiger partial charge >= 0.3 is 0 Å². The van der Waals surface area contributed by atoms with Crippen molar-refractivity contribution < 1.29 is 23.8 Å². The Hall–Kier alpha value is -3.04. The summed E-state index contributed by atoms with van der Waals surface area (Å²) >= 11 is 7.25. The van der Waals surface area contributed by atoms with Crippen molar-refractivity contribution in [2.45, 2.75) is 0 Å². The number of benzene rings is 2. The Morgan fingerprint density at radius 2 is 1.76 bits per heavy atom. The predicted molar refractivity (Wildman–Crippen MR) is 112 cm³/mol. The molecule has 0 aliphatic heterocycles. The molecule has 29 heavy (non-hydrogen) atoms. The van der Waals surface area contributed by atoms with Gasteiger partial charge in [0, 0.05) is 10.6 Å². The molecule has 3 rings (SSSR count). The number of methoxy groups -OCH3 is 3. The van der Waals surface area contributed by atoms with E-state index >= 15 is 0 Å². The van der Waals surface area contributed by atoms with Gasteiger partial charge in [-0.1, -0.05) is 22.9 Å². The van der Waals surface area contributed by atoms with Crippen molar-refractivity contribution in [3.63, 3.8) is 0 Å². The molecule has 0 radical (unpaired) electrons. The Bertz CT molecular complexity index is 1040. The molecule has 1 heterocycles. The highest BCUT2D eigenvalue weighted by Gasteiger charge is 2.17. The lowest BCUT2D eigenvalue weighted by Gasteiger charge is -2.14. The zero-order valence-corrected chi connectivity index (χ0v) is 17.4. The summed E-state index contributed by atoms with van der Waals surface area (Å²) in [4.78, 5) is 28.9. The van der Waals surface area contributed by atoms with E-state index in [1.807, 2.05) is 0 Å². The van der Waals surface area contributed by atoms with Gasteiger partial charge in [0.15, 0.2) is 16.6 Å². The highest BCUT2D eigenvalue weighted by molar-refractivity contribution is 7.22. The fourth-order valence-electron chi connectivity index (χ4n) is 2.59. The molecule has 0 fully saturated rings. The van der Waals surface area contributed by atoms with Crippen molar-refractivity contribution in [2.75, 3.05) is 33.2 Å². The quantitative estimate of drug-likeness (QED) is 0.590. The third-order valence-corrected chi connectivity index (χ3v) is 5.10. The molecule has 3 aromatic rings. The summed E-state index contributed by atoms with van der Waals surface area (Å²) in [5, 5.41) is 6.24. The van der Waals surface area contributed by atoms with E-state index in [9.17, 15) is 9.59 Å². The fourth-order valence-corrected chi connectivity index (χ4v) is 3.75. The molecule has 2 amide bonds. The van der Waals surface area contributed by atoms with Gasteiger partial charge in [0.25, 0.3) is 5.91 Å². The van der Waals surface area contributed by atoms with Gasteiger partial charge in [0.05, 0.1) is 38.1 Å². The summed E-state index contributed by atoms with van der Waals surface area (Å²) in [7, 11) is 4.38. The highest BCUT2D eigenvalue weighted by atomic mass is 35.5. The van der Waals surface area contributed by atoms with Crippen LogP contribution in [0.4, 0.5) is 5.13 Å². The molecule has 0 bridgehead atoms. The van der Waals surface area contributed by atoms with Crippen LogP contribution in [0.1, 0.15) is 10.4 Å². The molecule has 0 spiro atoms. The average Bonchev–Trinajstić information content (AvgIpc) is 3.11. The summed E-state index contributed by atoms with van der Waals surface area (Å²) in [6, 6.07) is 8.29. The van der Waals surface area contributed by atoms with Crippen LogP contribution in [0.3, 0.4) is 0 Å². The van der Waals surface area contributed by atoms with E-state index in [0.717, 1.165) is 10.2 Å². The van der Waals surface area contributed by atoms with Gasteiger partial charge in [-0.15, -0.1) is 0 Å². The zero-order chi connectivity index (χ0) is 21.0. The van der Waals surface area contributed by atoms with Crippen LogP contribution < -0.4 is 24.8 Å². The Morgan fingerprint density at radius 1 is 1.07 bits per heavy atom. The molecule has 1 aromatic heterocycles. The van der Waals surface area contributed by atoms with Crippen molar-refractivity contribution in [1.29, 1.82) is 0 Å². The van der Waals surface area contributed by atoms with Gasteiger partial charge in [-0.3, -0.25) is 9.59 Å². The van der Waals surface area contributed by atoms with Crippen LogP contribution in [-0.4, -0.2) is 44.7 Å². The maximum absolute atomic E-state index is 12.4. The summed E-state index contributed by atoms with van der Waals surface area (Å²) in [5.41, 5.74) is 0.998. The van der Waals surface area contributed by atoms with E-state index in [-0.39, 0.29) is 12.1 Å². The van der Waals surface area contributed by atoms with Crippen molar-refractivity contribution in [1.82, 2.24) is 10.3 Å². The number of carbonyl (C=O) groups is 2. The average molecular weight is 436 g/mol. The molecule has 2 aromatic carbocycles. The lowest BCUT2D eigenvalue weighted by molar-refractivity contribution is -0.115. The highest BCUT2D eigenvalue weighted by Crippen LogP contribution is 2.38. The number of rotatable bonds is 7. The van der Waals surface area contributed by atoms with Crippen LogP contribution in [0.15, 0.2) is 30.3 Å². The number of halogens is 1. The number of carbonyl (C=O) groups excluding carboxylic acids is 2. The van der Waals surface area contributed by atoms with Crippen LogP contribution >= 0.6 is 22.9 Å². The Balaban J connectivity index is 1.65. The number of aromatic nitrogens is 1. The Kier molecular flexibility index (Phi) is 6.40. The molecule has 0 saturated carbocycles. The summed E-state index contributed by atoms with van der Waals surface area (Å²) in [5.74, 6) is 0.191. The second-order valence-electron chi connectivity index (χ2n) is 5.78. The third-order valence-electron chi connectivity index (χ3n) is 3.93. The van der Waals surface area contributed by atoms with Crippen molar-refractivity contribution in [3.05, 3.63) is 40.9 Å². The maximum atomic E-state index is 12.4. The number of fused-ring (bicyclic) bond motifs is 1. The van der Waals surface area contributed by atoms with Crippen LogP contribution in [-0.2, 0) is 4.79 Å². The number of amides is 2. The van der Waals surface area contributed by atoms with E-state index < -0.39 is 11.8 Å². The third kappa shape index (κ3) is 4.69. The molecule has 0 saturated heterocycles. The van der Waals surface area contributed by atoms with Crippen molar-refractivity contribution in [3.8, 4) is 17.2 Å². The summed E-state index contributed by atoms with van der Waals surface area (Å²) in [6.45, 7) is -0.230. The van der Waals surface area contributed by atoms with Crippen molar-refractivity contribution in [2.24, 2.45) is 0 Å². The monoisotopic (exact) mass is 435 g/mol. The van der Waals surface area contributed by atoms with Gasteiger partial charge in [-0.05, 0) is 30.3 Å². The number of anilines is 1. The van der Waals surface area contributed by atoms with Gasteiger partial charge in [-0.2, -0.15) is 0 Å².